The van der Waals surface area contributed by atoms with Crippen molar-refractivity contribution in [1.29, 1.82) is 0 Å². The van der Waals surface area contributed by atoms with Crippen LogP contribution in [-0.4, -0.2) is 56.1 Å². The maximum Gasteiger partial charge on any atom is 0.281 e. The number of hydrogen-bond donors (Lipinski definition) is 2. The number of fused-ring (bicyclic) bond motifs is 5. The van der Waals surface area contributed by atoms with Crippen LogP contribution in [0.4, 0.5) is 11.8 Å². The summed E-state index contributed by atoms with van der Waals surface area (Å²) in [5.41, 5.74) is 1.63. The third-order valence-corrected chi connectivity index (χ3v) is 8.38. The van der Waals surface area contributed by atoms with Crippen LogP contribution >= 0.6 is 15.9 Å². The summed E-state index contributed by atoms with van der Waals surface area (Å²) in [6.45, 7) is 3.08. The second-order valence-corrected chi connectivity index (χ2v) is 10.7. The topological polar surface area (TPSA) is 86.0 Å². The highest BCUT2D eigenvalue weighted by Crippen LogP contribution is 2.42. The first-order valence-corrected chi connectivity index (χ1v) is 13.4. The molecule has 34 heavy (non-hydrogen) atoms. The van der Waals surface area contributed by atoms with E-state index in [0.717, 1.165) is 55.4 Å². The van der Waals surface area contributed by atoms with Crippen molar-refractivity contribution in [2.24, 2.45) is 4.99 Å². The van der Waals surface area contributed by atoms with Gasteiger partial charge in [-0.15, -0.1) is 0 Å². The molecule has 2 aliphatic heterocycles. The Bertz CT molecular complexity index is 1150. The van der Waals surface area contributed by atoms with Gasteiger partial charge in [-0.1, -0.05) is 25.3 Å². The van der Waals surface area contributed by atoms with Crippen LogP contribution < -0.4 is 10.2 Å². The molecule has 0 unspecified atom stereocenters. The van der Waals surface area contributed by atoms with Crippen LogP contribution in [0.2, 0.25) is 0 Å². The van der Waals surface area contributed by atoms with E-state index in [9.17, 15) is 9.90 Å². The van der Waals surface area contributed by atoms with Crippen molar-refractivity contribution in [3.05, 3.63) is 33.9 Å². The molecule has 8 nitrogen and oxygen atoms in total. The lowest BCUT2D eigenvalue weighted by Gasteiger charge is -2.35. The fraction of sp³-hybridized carbons (Fsp3) is 0.560. The standard InChI is InChI=1S/C25H31BrN6O2/c1-2-30-23(34)21-22(32-19-10-6-9-18(19)28-25(30)32)29-24(27-16-7-4-3-5-8-16)31(21)14-15-11-12-20(33)17(26)13-15/h11-13,16,18-19,33H,2-10,14H2,1H3,(H,27,29)/t18-,19+/m1/s1. The highest BCUT2D eigenvalue weighted by Gasteiger charge is 2.49. The average Bonchev–Trinajstić information content (AvgIpc) is 3.51. The summed E-state index contributed by atoms with van der Waals surface area (Å²) in [4.78, 5) is 28.0. The van der Waals surface area contributed by atoms with E-state index in [2.05, 4.69) is 26.1 Å². The van der Waals surface area contributed by atoms with Gasteiger partial charge in [-0.3, -0.25) is 19.2 Å². The number of carbonyl (C=O) groups is 1. The molecule has 1 aromatic carbocycles. The number of nitrogens with zero attached hydrogens (tertiary/aromatic N) is 5. The van der Waals surface area contributed by atoms with E-state index in [1.807, 2.05) is 28.5 Å². The Balaban J connectivity index is 1.46. The number of phenols is 1. The van der Waals surface area contributed by atoms with E-state index < -0.39 is 0 Å². The Hall–Kier alpha value is -2.55. The first kappa shape index (κ1) is 21.9. The largest absolute Gasteiger partial charge is 0.507 e. The van der Waals surface area contributed by atoms with E-state index in [-0.39, 0.29) is 23.7 Å². The molecular weight excluding hydrogens is 496 g/mol. The van der Waals surface area contributed by atoms with Gasteiger partial charge < -0.3 is 10.4 Å². The van der Waals surface area contributed by atoms with Crippen LogP contribution in [-0.2, 0) is 6.54 Å². The lowest BCUT2D eigenvalue weighted by atomic mass is 9.96. The molecule has 180 valence electrons. The number of phenolic OH excluding ortho intramolecular Hbond substituents is 1. The summed E-state index contributed by atoms with van der Waals surface area (Å²) in [7, 11) is 0. The predicted molar refractivity (Wildman–Crippen MR) is 136 cm³/mol. The van der Waals surface area contributed by atoms with Crippen molar-refractivity contribution in [2.75, 3.05) is 16.8 Å². The molecule has 0 bridgehead atoms. The van der Waals surface area contributed by atoms with Gasteiger partial charge in [-0.05, 0) is 72.7 Å². The van der Waals surface area contributed by atoms with Crippen LogP contribution in [0, 0.1) is 0 Å². The molecule has 2 atom stereocenters. The van der Waals surface area contributed by atoms with Crippen molar-refractivity contribution in [3.8, 4) is 5.75 Å². The van der Waals surface area contributed by atoms with Gasteiger partial charge >= 0.3 is 0 Å². The zero-order valence-corrected chi connectivity index (χ0v) is 21.1. The van der Waals surface area contributed by atoms with E-state index in [0.29, 0.717) is 29.3 Å². The molecule has 1 amide bonds. The highest BCUT2D eigenvalue weighted by molar-refractivity contribution is 9.10. The third-order valence-electron chi connectivity index (χ3n) is 7.75. The Kier molecular flexibility index (Phi) is 5.54. The van der Waals surface area contributed by atoms with Crippen molar-refractivity contribution in [2.45, 2.75) is 83.0 Å². The molecule has 3 heterocycles. The number of imidazole rings is 1. The first-order chi connectivity index (χ1) is 16.5. The van der Waals surface area contributed by atoms with Gasteiger partial charge in [0.2, 0.25) is 11.9 Å². The number of anilines is 2. The quantitative estimate of drug-likeness (QED) is 0.588. The zero-order valence-electron chi connectivity index (χ0n) is 19.5. The summed E-state index contributed by atoms with van der Waals surface area (Å²) >= 11 is 3.43. The fourth-order valence-electron chi connectivity index (χ4n) is 6.03. The second-order valence-electron chi connectivity index (χ2n) is 9.87. The molecule has 0 spiro atoms. The number of nitrogens with one attached hydrogen (secondary N) is 1. The maximum absolute atomic E-state index is 13.8. The number of aliphatic imine (C=N–C) groups is 1. The van der Waals surface area contributed by atoms with Gasteiger partial charge in [0.05, 0.1) is 23.1 Å². The smallest absolute Gasteiger partial charge is 0.281 e. The Morgan fingerprint density at radius 2 is 1.97 bits per heavy atom. The number of rotatable bonds is 5. The lowest BCUT2D eigenvalue weighted by molar-refractivity contribution is 0.0836. The molecule has 2 saturated carbocycles. The van der Waals surface area contributed by atoms with Crippen LogP contribution in [0.15, 0.2) is 27.7 Å². The number of hydrogen-bond acceptors (Lipinski definition) is 6. The molecule has 4 aliphatic rings. The number of guanidine groups is 1. The molecule has 1 aromatic heterocycles. The third kappa shape index (κ3) is 3.51. The molecule has 0 radical (unpaired) electrons. The number of amides is 1. The number of aromatic hydroxyl groups is 1. The minimum absolute atomic E-state index is 0.0329. The monoisotopic (exact) mass is 526 g/mol. The predicted octanol–water partition coefficient (Wildman–Crippen LogP) is 4.72. The van der Waals surface area contributed by atoms with Gasteiger partial charge in [0.15, 0.2) is 11.5 Å². The molecule has 2 aromatic rings. The van der Waals surface area contributed by atoms with E-state index in [1.54, 1.807) is 6.07 Å². The second kappa shape index (κ2) is 8.59. The molecule has 0 saturated heterocycles. The summed E-state index contributed by atoms with van der Waals surface area (Å²) in [5, 5.41) is 13.7. The van der Waals surface area contributed by atoms with Crippen LogP contribution in [0.1, 0.15) is 74.3 Å². The maximum atomic E-state index is 13.8. The van der Waals surface area contributed by atoms with Gasteiger partial charge in [0.25, 0.3) is 5.91 Å². The fourth-order valence-corrected chi connectivity index (χ4v) is 6.46. The van der Waals surface area contributed by atoms with Crippen molar-refractivity contribution >= 4 is 39.6 Å². The van der Waals surface area contributed by atoms with Gasteiger partial charge in [-0.25, -0.2) is 4.99 Å². The summed E-state index contributed by atoms with van der Waals surface area (Å²) in [6.07, 6.45) is 9.28. The van der Waals surface area contributed by atoms with Gasteiger partial charge in [0, 0.05) is 12.6 Å². The SMILES string of the molecule is CCN1C(=O)c2c(nc(NC3CCCCC3)n2Cc2ccc(O)c(Br)c2)N2C1=N[C@@H]1CCC[C@@H]12. The molecule has 2 N–H and O–H groups in total. The number of carbonyl (C=O) groups excluding carboxylic acids is 1. The van der Waals surface area contributed by atoms with Crippen LogP contribution in [0.3, 0.4) is 0 Å². The van der Waals surface area contributed by atoms with Crippen molar-refractivity contribution < 1.29 is 9.90 Å². The Morgan fingerprint density at radius 1 is 1.15 bits per heavy atom. The number of halogens is 1. The van der Waals surface area contributed by atoms with Crippen LogP contribution in [0.25, 0.3) is 0 Å². The Morgan fingerprint density at radius 3 is 2.74 bits per heavy atom. The minimum atomic E-state index is -0.0329. The van der Waals surface area contributed by atoms with Crippen molar-refractivity contribution in [1.82, 2.24) is 14.5 Å². The van der Waals surface area contributed by atoms with E-state index in [4.69, 9.17) is 9.98 Å². The first-order valence-electron chi connectivity index (χ1n) is 12.6. The van der Waals surface area contributed by atoms with Gasteiger partial charge in [-0.2, -0.15) is 4.98 Å². The zero-order chi connectivity index (χ0) is 23.4. The number of benzene rings is 1. The summed E-state index contributed by atoms with van der Waals surface area (Å²) in [5.74, 6) is 2.45. The minimum Gasteiger partial charge on any atom is -0.507 e. The van der Waals surface area contributed by atoms with Gasteiger partial charge in [0.1, 0.15) is 5.75 Å². The van der Waals surface area contributed by atoms with E-state index in [1.165, 1.54) is 19.3 Å². The number of aromatic nitrogens is 2. The molecule has 6 rings (SSSR count). The Labute approximate surface area is 208 Å². The normalized spacial score (nSPS) is 24.2. The average molecular weight is 527 g/mol. The van der Waals surface area contributed by atoms with E-state index >= 15 is 0 Å². The highest BCUT2D eigenvalue weighted by atomic mass is 79.9. The summed E-state index contributed by atoms with van der Waals surface area (Å²) < 4.78 is 2.69. The summed E-state index contributed by atoms with van der Waals surface area (Å²) in [6, 6.07) is 6.39. The molecule has 9 heteroatoms. The molecule has 2 aliphatic carbocycles. The molecular formula is C25H31BrN6O2. The van der Waals surface area contributed by atoms with Crippen LogP contribution in [0.5, 0.6) is 5.75 Å². The lowest BCUT2D eigenvalue weighted by Crippen LogP contribution is -2.53. The van der Waals surface area contributed by atoms with Crippen molar-refractivity contribution in [3.63, 3.8) is 0 Å². The molecule has 2 fully saturated rings.